The number of imidazole rings is 1. The molecule has 0 unspecified atom stereocenters. The molecule has 0 atom stereocenters. The number of sulfonamides is 1. The van der Waals surface area contributed by atoms with Gasteiger partial charge in [0.15, 0.2) is 0 Å². The van der Waals surface area contributed by atoms with E-state index in [-0.39, 0.29) is 28.2 Å². The Morgan fingerprint density at radius 1 is 1.11 bits per heavy atom. The lowest BCUT2D eigenvalue weighted by Gasteiger charge is -2.15. The second-order valence-electron chi connectivity index (χ2n) is 8.24. The molecule has 0 aliphatic heterocycles. The molecule has 0 saturated heterocycles. The summed E-state index contributed by atoms with van der Waals surface area (Å²) in [5, 5.41) is 14.2. The van der Waals surface area contributed by atoms with Gasteiger partial charge in [0.2, 0.25) is 5.95 Å². The number of rotatable bonds is 6. The molecule has 0 saturated carbocycles. The van der Waals surface area contributed by atoms with Crippen LogP contribution in [0.1, 0.15) is 5.56 Å². The minimum absolute atomic E-state index is 0.0671. The smallest absolute Gasteiger partial charge is 0.349 e. The molecular weight excluding hydrogens is 536 g/mol. The zero-order chi connectivity index (χ0) is 27.2. The number of phenolic OH excluding ortho intramolecular Hbond substituents is 1. The number of fused-ring (bicyclic) bond motifs is 1. The first-order chi connectivity index (χ1) is 18.0. The van der Waals surface area contributed by atoms with Crippen LogP contribution in [0.2, 0.25) is 5.02 Å². The maximum absolute atomic E-state index is 13.2. The first kappa shape index (κ1) is 25.0. The van der Waals surface area contributed by atoms with Gasteiger partial charge in [0, 0.05) is 13.1 Å². The molecule has 12 nitrogen and oxygen atoms in total. The fourth-order valence-electron chi connectivity index (χ4n) is 3.80. The van der Waals surface area contributed by atoms with E-state index in [2.05, 4.69) is 19.8 Å². The van der Waals surface area contributed by atoms with Gasteiger partial charge in [0.1, 0.15) is 28.3 Å². The molecule has 0 aliphatic carbocycles. The number of para-hydroxylation sites is 2. The Bertz CT molecular complexity index is 1920. The van der Waals surface area contributed by atoms with Crippen LogP contribution in [-0.4, -0.2) is 37.8 Å². The Labute approximate surface area is 219 Å². The molecular formula is C24H19ClN6O6S. The van der Waals surface area contributed by atoms with Gasteiger partial charge in [0.05, 0.1) is 21.7 Å². The van der Waals surface area contributed by atoms with Crippen molar-refractivity contribution < 1.29 is 18.3 Å². The summed E-state index contributed by atoms with van der Waals surface area (Å²) in [4.78, 5) is 29.4. The Morgan fingerprint density at radius 2 is 1.87 bits per heavy atom. The lowest BCUT2D eigenvalue weighted by atomic mass is 10.2. The van der Waals surface area contributed by atoms with Crippen molar-refractivity contribution in [2.75, 3.05) is 4.72 Å². The number of benzene rings is 3. The highest BCUT2D eigenvalue weighted by atomic mass is 35.5. The zero-order valence-electron chi connectivity index (χ0n) is 19.8. The second-order valence-corrected chi connectivity index (χ2v) is 10.3. The van der Waals surface area contributed by atoms with Crippen LogP contribution in [-0.2, 0) is 17.1 Å². The summed E-state index contributed by atoms with van der Waals surface area (Å²) < 4.78 is 37.2. The number of ether oxygens (including phenoxy) is 1. The standard InChI is InChI=1S/C24H19ClN6O6S/c1-13-9-14(31-24(34)28-21(33)12-26-31)10-16(25)22(13)37-15-7-8-19(32)20(11-15)38(35,36)29-23-27-17-5-3-4-6-18(17)30(23)2/h3-12,32H,1-2H3,(H,27,29)(H,28,33,34). The van der Waals surface area contributed by atoms with E-state index in [4.69, 9.17) is 16.3 Å². The normalized spacial score (nSPS) is 11.6. The maximum atomic E-state index is 13.2. The molecule has 0 radical (unpaired) electrons. The average molecular weight is 555 g/mol. The van der Waals surface area contributed by atoms with Crippen molar-refractivity contribution in [3.63, 3.8) is 0 Å². The van der Waals surface area contributed by atoms with Gasteiger partial charge in [-0.15, -0.1) is 0 Å². The molecule has 5 aromatic rings. The summed E-state index contributed by atoms with van der Waals surface area (Å²) in [5.74, 6) is -0.168. The number of hydrogen-bond acceptors (Lipinski definition) is 8. The van der Waals surface area contributed by atoms with E-state index in [1.165, 1.54) is 18.2 Å². The van der Waals surface area contributed by atoms with Gasteiger partial charge in [-0.2, -0.15) is 9.78 Å². The number of hydrogen-bond donors (Lipinski definition) is 3. The van der Waals surface area contributed by atoms with Gasteiger partial charge in [0.25, 0.3) is 15.6 Å². The number of H-pyrrole nitrogens is 1. The summed E-state index contributed by atoms with van der Waals surface area (Å²) in [6.07, 6.45) is 0.953. The molecule has 3 N–H and O–H groups in total. The van der Waals surface area contributed by atoms with Crippen LogP contribution in [0, 0.1) is 6.92 Å². The van der Waals surface area contributed by atoms with Gasteiger partial charge in [-0.05, 0) is 48.9 Å². The molecule has 0 fully saturated rings. The van der Waals surface area contributed by atoms with Gasteiger partial charge < -0.3 is 14.4 Å². The summed E-state index contributed by atoms with van der Waals surface area (Å²) in [6, 6.07) is 13.8. The third-order valence-corrected chi connectivity index (χ3v) is 7.26. The number of aromatic hydroxyl groups is 1. The molecule has 38 heavy (non-hydrogen) atoms. The van der Waals surface area contributed by atoms with Crippen molar-refractivity contribution in [3.05, 3.63) is 92.2 Å². The highest BCUT2D eigenvalue weighted by Gasteiger charge is 2.23. The first-order valence-corrected chi connectivity index (χ1v) is 12.8. The summed E-state index contributed by atoms with van der Waals surface area (Å²) in [7, 11) is -2.61. The lowest BCUT2D eigenvalue weighted by Crippen LogP contribution is -2.30. The molecule has 0 spiro atoms. The molecule has 0 amide bonds. The number of nitrogens with one attached hydrogen (secondary N) is 2. The third-order valence-electron chi connectivity index (χ3n) is 5.63. The molecule has 2 heterocycles. The van der Waals surface area contributed by atoms with Crippen LogP contribution in [0.25, 0.3) is 16.7 Å². The largest absolute Gasteiger partial charge is 0.507 e. The number of anilines is 1. The lowest BCUT2D eigenvalue weighted by molar-refractivity contribution is 0.448. The van der Waals surface area contributed by atoms with Crippen molar-refractivity contribution in [2.24, 2.45) is 7.05 Å². The Morgan fingerprint density at radius 3 is 2.58 bits per heavy atom. The minimum Gasteiger partial charge on any atom is -0.507 e. The van der Waals surface area contributed by atoms with Gasteiger partial charge >= 0.3 is 5.69 Å². The quantitative estimate of drug-likeness (QED) is 0.288. The van der Waals surface area contributed by atoms with Crippen LogP contribution in [0.15, 0.2) is 75.3 Å². The number of aromatic amines is 1. The Kier molecular flexibility index (Phi) is 6.17. The summed E-state index contributed by atoms with van der Waals surface area (Å²) >= 11 is 6.41. The number of halogens is 1. The molecule has 3 aromatic carbocycles. The van der Waals surface area contributed by atoms with Crippen LogP contribution in [0.4, 0.5) is 5.95 Å². The number of phenols is 1. The van der Waals surface area contributed by atoms with Crippen LogP contribution >= 0.6 is 11.6 Å². The highest BCUT2D eigenvalue weighted by molar-refractivity contribution is 7.92. The highest BCUT2D eigenvalue weighted by Crippen LogP contribution is 2.37. The number of aryl methyl sites for hydroxylation is 2. The van der Waals surface area contributed by atoms with Crippen molar-refractivity contribution in [1.29, 1.82) is 0 Å². The third kappa shape index (κ3) is 4.60. The van der Waals surface area contributed by atoms with Crippen molar-refractivity contribution >= 4 is 38.6 Å². The van der Waals surface area contributed by atoms with Gasteiger partial charge in [-0.25, -0.2) is 22.9 Å². The van der Waals surface area contributed by atoms with E-state index in [1.54, 1.807) is 42.8 Å². The van der Waals surface area contributed by atoms with Crippen molar-refractivity contribution in [3.8, 4) is 22.9 Å². The summed E-state index contributed by atoms with van der Waals surface area (Å²) in [6.45, 7) is 1.66. The predicted molar refractivity (Wildman–Crippen MR) is 140 cm³/mol. The SMILES string of the molecule is Cc1cc(-n2ncc(=O)[nH]c2=O)cc(Cl)c1Oc1ccc(O)c(S(=O)(=O)Nc2nc3ccccc3n2C)c1. The Balaban J connectivity index is 1.47. The zero-order valence-corrected chi connectivity index (χ0v) is 21.4. The van der Waals surface area contributed by atoms with E-state index in [0.29, 0.717) is 11.1 Å². The van der Waals surface area contributed by atoms with Gasteiger partial charge in [-0.1, -0.05) is 23.7 Å². The monoisotopic (exact) mass is 554 g/mol. The fraction of sp³-hybridized carbons (Fsp3) is 0.0833. The average Bonchev–Trinajstić information content (AvgIpc) is 3.16. The number of aromatic nitrogens is 5. The van der Waals surface area contributed by atoms with E-state index >= 15 is 0 Å². The minimum atomic E-state index is -4.27. The Hall–Kier alpha value is -4.62. The molecule has 0 bridgehead atoms. The van der Waals surface area contributed by atoms with Crippen LogP contribution in [0.5, 0.6) is 17.2 Å². The van der Waals surface area contributed by atoms with Crippen LogP contribution < -0.4 is 20.7 Å². The predicted octanol–water partition coefficient (Wildman–Crippen LogP) is 3.07. The van der Waals surface area contributed by atoms with Gasteiger partial charge in [-0.3, -0.25) is 9.78 Å². The van der Waals surface area contributed by atoms with E-state index in [1.807, 2.05) is 6.07 Å². The second kappa shape index (κ2) is 9.36. The maximum Gasteiger partial charge on any atom is 0.349 e. The molecule has 2 aromatic heterocycles. The summed E-state index contributed by atoms with van der Waals surface area (Å²) in [5.41, 5.74) is 0.701. The molecule has 0 aliphatic rings. The van der Waals surface area contributed by atoms with E-state index in [9.17, 15) is 23.1 Å². The van der Waals surface area contributed by atoms with E-state index in [0.717, 1.165) is 22.5 Å². The van der Waals surface area contributed by atoms with Crippen molar-refractivity contribution in [1.82, 2.24) is 24.3 Å². The number of nitrogens with zero attached hydrogens (tertiary/aromatic N) is 4. The fourth-order valence-corrected chi connectivity index (χ4v) is 5.25. The van der Waals surface area contributed by atoms with E-state index < -0.39 is 31.9 Å². The molecule has 5 rings (SSSR count). The topological polar surface area (TPSA) is 161 Å². The van der Waals surface area contributed by atoms with Crippen LogP contribution in [0.3, 0.4) is 0 Å². The molecule has 14 heteroatoms. The first-order valence-electron chi connectivity index (χ1n) is 11.0. The van der Waals surface area contributed by atoms with Crippen molar-refractivity contribution in [2.45, 2.75) is 11.8 Å². The molecule has 194 valence electrons.